The zero-order valence-corrected chi connectivity index (χ0v) is 9.86. The summed E-state index contributed by atoms with van der Waals surface area (Å²) in [5.41, 5.74) is 7.79. The summed E-state index contributed by atoms with van der Waals surface area (Å²) in [6.45, 7) is 6.87. The predicted molar refractivity (Wildman–Crippen MR) is 60.4 cm³/mol. The van der Waals surface area contributed by atoms with Gasteiger partial charge in [-0.05, 0) is 32.1 Å². The van der Waals surface area contributed by atoms with Crippen molar-refractivity contribution >= 4 is 11.8 Å². The molecular weight excluding hydrogens is 196 g/mol. The number of thioether (sulfide) groups is 1. The molecule has 0 aliphatic heterocycles. The Bertz CT molecular complexity index is 266. The SMILES string of the molecule is Cc1noc(C)c1CSCC(C)CN. The molecule has 3 nitrogen and oxygen atoms in total. The summed E-state index contributed by atoms with van der Waals surface area (Å²) in [7, 11) is 0. The van der Waals surface area contributed by atoms with E-state index >= 15 is 0 Å². The van der Waals surface area contributed by atoms with Gasteiger partial charge < -0.3 is 10.3 Å². The summed E-state index contributed by atoms with van der Waals surface area (Å²) in [5, 5.41) is 3.92. The van der Waals surface area contributed by atoms with Gasteiger partial charge in [0.2, 0.25) is 0 Å². The largest absolute Gasteiger partial charge is 0.361 e. The van der Waals surface area contributed by atoms with E-state index in [0.717, 1.165) is 29.5 Å². The molecule has 0 saturated heterocycles. The van der Waals surface area contributed by atoms with Gasteiger partial charge in [-0.3, -0.25) is 0 Å². The van der Waals surface area contributed by atoms with Crippen molar-refractivity contribution in [1.29, 1.82) is 0 Å². The molecule has 0 spiro atoms. The second kappa shape index (κ2) is 5.41. The summed E-state index contributed by atoms with van der Waals surface area (Å²) in [4.78, 5) is 0. The molecule has 2 N–H and O–H groups in total. The van der Waals surface area contributed by atoms with Crippen molar-refractivity contribution in [1.82, 2.24) is 5.16 Å². The number of rotatable bonds is 5. The van der Waals surface area contributed by atoms with Crippen LogP contribution in [0.25, 0.3) is 0 Å². The van der Waals surface area contributed by atoms with Gasteiger partial charge in [-0.2, -0.15) is 11.8 Å². The summed E-state index contributed by atoms with van der Waals surface area (Å²) in [6, 6.07) is 0. The molecule has 0 saturated carbocycles. The number of nitrogens with zero attached hydrogens (tertiary/aromatic N) is 1. The molecule has 1 atom stereocenters. The van der Waals surface area contributed by atoms with E-state index in [1.54, 1.807) is 0 Å². The van der Waals surface area contributed by atoms with Crippen molar-refractivity contribution in [3.8, 4) is 0 Å². The smallest absolute Gasteiger partial charge is 0.137 e. The second-order valence-corrected chi connectivity index (χ2v) is 4.69. The molecule has 1 aromatic rings. The van der Waals surface area contributed by atoms with Crippen LogP contribution in [0, 0.1) is 19.8 Å². The van der Waals surface area contributed by atoms with Crippen molar-refractivity contribution in [2.75, 3.05) is 12.3 Å². The van der Waals surface area contributed by atoms with Gasteiger partial charge in [0.05, 0.1) is 5.69 Å². The lowest BCUT2D eigenvalue weighted by molar-refractivity contribution is 0.392. The van der Waals surface area contributed by atoms with Gasteiger partial charge in [0, 0.05) is 11.3 Å². The third kappa shape index (κ3) is 3.03. The van der Waals surface area contributed by atoms with Gasteiger partial charge in [-0.1, -0.05) is 12.1 Å². The molecule has 0 aliphatic carbocycles. The highest BCUT2D eigenvalue weighted by atomic mass is 32.2. The Balaban J connectivity index is 2.38. The summed E-state index contributed by atoms with van der Waals surface area (Å²) in [5.74, 6) is 3.60. The molecule has 80 valence electrons. The number of hydrogen-bond acceptors (Lipinski definition) is 4. The van der Waals surface area contributed by atoms with E-state index in [1.165, 1.54) is 5.56 Å². The summed E-state index contributed by atoms with van der Waals surface area (Å²) < 4.78 is 5.09. The molecule has 0 fully saturated rings. The van der Waals surface area contributed by atoms with E-state index < -0.39 is 0 Å². The molecule has 0 aromatic carbocycles. The van der Waals surface area contributed by atoms with Crippen LogP contribution in [0.2, 0.25) is 0 Å². The molecule has 1 rings (SSSR count). The normalized spacial score (nSPS) is 13.1. The van der Waals surface area contributed by atoms with Gasteiger partial charge in [-0.25, -0.2) is 0 Å². The Morgan fingerprint density at radius 1 is 1.50 bits per heavy atom. The molecule has 0 radical (unpaired) electrons. The van der Waals surface area contributed by atoms with Crippen LogP contribution < -0.4 is 5.73 Å². The highest BCUT2D eigenvalue weighted by Crippen LogP contribution is 2.20. The Morgan fingerprint density at radius 3 is 2.71 bits per heavy atom. The van der Waals surface area contributed by atoms with Crippen molar-refractivity contribution < 1.29 is 4.52 Å². The van der Waals surface area contributed by atoms with E-state index in [1.807, 2.05) is 25.6 Å². The average Bonchev–Trinajstić information content (AvgIpc) is 2.48. The fourth-order valence-electron chi connectivity index (χ4n) is 1.14. The zero-order chi connectivity index (χ0) is 10.6. The van der Waals surface area contributed by atoms with Crippen LogP contribution in [0.15, 0.2) is 4.52 Å². The lowest BCUT2D eigenvalue weighted by Crippen LogP contribution is -2.12. The monoisotopic (exact) mass is 214 g/mol. The highest BCUT2D eigenvalue weighted by molar-refractivity contribution is 7.98. The van der Waals surface area contributed by atoms with Gasteiger partial charge in [0.15, 0.2) is 0 Å². The van der Waals surface area contributed by atoms with E-state index in [9.17, 15) is 0 Å². The van der Waals surface area contributed by atoms with Crippen LogP contribution in [0.4, 0.5) is 0 Å². The molecule has 0 aliphatic rings. The van der Waals surface area contributed by atoms with Crippen molar-refractivity contribution in [3.05, 3.63) is 17.0 Å². The zero-order valence-electron chi connectivity index (χ0n) is 9.04. The first-order valence-electron chi connectivity index (χ1n) is 4.84. The van der Waals surface area contributed by atoms with Crippen molar-refractivity contribution in [2.45, 2.75) is 26.5 Å². The topological polar surface area (TPSA) is 52.0 Å². The average molecular weight is 214 g/mol. The molecule has 1 aromatic heterocycles. The molecular formula is C10H18N2OS. The maximum Gasteiger partial charge on any atom is 0.137 e. The fraction of sp³-hybridized carbons (Fsp3) is 0.700. The third-order valence-corrected chi connectivity index (χ3v) is 3.53. The molecule has 14 heavy (non-hydrogen) atoms. The molecule has 1 unspecified atom stereocenters. The standard InChI is InChI=1S/C10H18N2OS/c1-7(4-11)5-14-6-10-8(2)12-13-9(10)3/h7H,4-6,11H2,1-3H3. The first-order chi connectivity index (χ1) is 6.65. The van der Waals surface area contributed by atoms with Crippen molar-refractivity contribution in [3.63, 3.8) is 0 Å². The minimum Gasteiger partial charge on any atom is -0.361 e. The number of nitrogens with two attached hydrogens (primary N) is 1. The minimum atomic E-state index is 0.584. The molecule has 1 heterocycles. The predicted octanol–water partition coefficient (Wildman–Crippen LogP) is 2.12. The Kier molecular flexibility index (Phi) is 4.48. The van der Waals surface area contributed by atoms with Gasteiger partial charge in [0.25, 0.3) is 0 Å². The Morgan fingerprint density at radius 2 is 2.21 bits per heavy atom. The van der Waals surface area contributed by atoms with Crippen LogP contribution in [-0.2, 0) is 5.75 Å². The van der Waals surface area contributed by atoms with Crippen LogP contribution in [-0.4, -0.2) is 17.5 Å². The highest BCUT2D eigenvalue weighted by Gasteiger charge is 2.09. The molecule has 0 amide bonds. The van der Waals surface area contributed by atoms with Crippen LogP contribution >= 0.6 is 11.8 Å². The number of aromatic nitrogens is 1. The van der Waals surface area contributed by atoms with Crippen LogP contribution in [0.5, 0.6) is 0 Å². The Labute approximate surface area is 89.4 Å². The second-order valence-electron chi connectivity index (χ2n) is 3.66. The van der Waals surface area contributed by atoms with Crippen molar-refractivity contribution in [2.24, 2.45) is 11.7 Å². The van der Waals surface area contributed by atoms with Gasteiger partial charge in [-0.15, -0.1) is 0 Å². The third-order valence-electron chi connectivity index (χ3n) is 2.23. The van der Waals surface area contributed by atoms with Gasteiger partial charge in [0.1, 0.15) is 5.76 Å². The van der Waals surface area contributed by atoms with E-state index in [0.29, 0.717) is 5.92 Å². The van der Waals surface area contributed by atoms with E-state index in [-0.39, 0.29) is 0 Å². The summed E-state index contributed by atoms with van der Waals surface area (Å²) in [6.07, 6.45) is 0. The summed E-state index contributed by atoms with van der Waals surface area (Å²) >= 11 is 1.89. The number of aryl methyl sites for hydroxylation is 2. The maximum atomic E-state index is 5.55. The van der Waals surface area contributed by atoms with E-state index in [4.69, 9.17) is 10.3 Å². The lowest BCUT2D eigenvalue weighted by Gasteiger charge is -2.06. The first kappa shape index (κ1) is 11.6. The fourth-order valence-corrected chi connectivity index (χ4v) is 2.41. The van der Waals surface area contributed by atoms with Gasteiger partial charge >= 0.3 is 0 Å². The molecule has 4 heteroatoms. The lowest BCUT2D eigenvalue weighted by atomic mass is 10.2. The molecule has 0 bridgehead atoms. The maximum absolute atomic E-state index is 5.55. The van der Waals surface area contributed by atoms with Crippen LogP contribution in [0.1, 0.15) is 23.9 Å². The van der Waals surface area contributed by atoms with Crippen LogP contribution in [0.3, 0.4) is 0 Å². The quantitative estimate of drug-likeness (QED) is 0.815. The first-order valence-corrected chi connectivity index (χ1v) is 6.00. The minimum absolute atomic E-state index is 0.584. The Hall–Kier alpha value is -0.480. The van der Waals surface area contributed by atoms with E-state index in [2.05, 4.69) is 12.1 Å². The number of hydrogen-bond donors (Lipinski definition) is 1.